The van der Waals surface area contributed by atoms with Gasteiger partial charge in [-0.1, -0.05) is 42.0 Å². The van der Waals surface area contributed by atoms with Crippen molar-refractivity contribution in [1.29, 1.82) is 10.5 Å². The number of amides is 1. The lowest BCUT2D eigenvalue weighted by molar-refractivity contribution is -0.114. The van der Waals surface area contributed by atoms with Crippen molar-refractivity contribution in [3.63, 3.8) is 0 Å². The van der Waals surface area contributed by atoms with Gasteiger partial charge >= 0.3 is 0 Å². The molecule has 3 aromatic rings. The molecule has 0 aromatic heterocycles. The molecule has 0 atom stereocenters. The van der Waals surface area contributed by atoms with Crippen LogP contribution in [0.5, 0.6) is 0 Å². The van der Waals surface area contributed by atoms with E-state index in [1.165, 1.54) is 18.2 Å². The molecule has 1 amide bonds. The molecule has 0 unspecified atom stereocenters. The predicted octanol–water partition coefficient (Wildman–Crippen LogP) is 3.68. The van der Waals surface area contributed by atoms with Gasteiger partial charge in [0.2, 0.25) is 0 Å². The molecule has 0 aliphatic carbocycles. The second-order valence-corrected chi connectivity index (χ2v) is 8.40. The molecule has 0 spiro atoms. The molecule has 0 radical (unpaired) electrons. The fraction of sp³-hybridized carbons (Fsp3) is 0.0417. The summed E-state index contributed by atoms with van der Waals surface area (Å²) in [6, 6.07) is 23.3. The molecule has 0 fully saturated rings. The molecule has 0 heterocycles. The SMILES string of the molecule is Cc1ccc(S(=O)(=O)NC(=O)C=C(c2ccc(C#N)cc2)c2ccc(C#N)cc2)cc1. The van der Waals surface area contributed by atoms with Crippen LogP contribution in [0.25, 0.3) is 5.57 Å². The first-order valence-electron chi connectivity index (χ1n) is 9.18. The normalized spacial score (nSPS) is 10.4. The third-order valence-electron chi connectivity index (χ3n) is 4.49. The van der Waals surface area contributed by atoms with Gasteiger partial charge < -0.3 is 0 Å². The van der Waals surface area contributed by atoms with E-state index in [2.05, 4.69) is 4.72 Å². The summed E-state index contributed by atoms with van der Waals surface area (Å²) >= 11 is 0. The third-order valence-corrected chi connectivity index (χ3v) is 5.85. The van der Waals surface area contributed by atoms with Gasteiger partial charge in [0.15, 0.2) is 0 Å². The summed E-state index contributed by atoms with van der Waals surface area (Å²) in [6.07, 6.45) is 1.19. The maximum absolute atomic E-state index is 12.6. The Morgan fingerprint density at radius 1 is 0.806 bits per heavy atom. The summed E-state index contributed by atoms with van der Waals surface area (Å²) in [5.41, 5.74) is 3.49. The maximum Gasteiger partial charge on any atom is 0.264 e. The second kappa shape index (κ2) is 9.08. The summed E-state index contributed by atoms with van der Waals surface area (Å²) in [5.74, 6) is -0.815. The highest BCUT2D eigenvalue weighted by molar-refractivity contribution is 7.90. The van der Waals surface area contributed by atoms with E-state index >= 15 is 0 Å². The summed E-state index contributed by atoms with van der Waals surface area (Å²) in [5, 5.41) is 18.0. The molecule has 0 saturated heterocycles. The highest BCUT2D eigenvalue weighted by atomic mass is 32.2. The number of rotatable bonds is 5. The Bertz CT molecular complexity index is 1270. The van der Waals surface area contributed by atoms with E-state index < -0.39 is 15.9 Å². The molecule has 3 rings (SSSR count). The number of carbonyl (C=O) groups excluding carboxylic acids is 1. The maximum atomic E-state index is 12.6. The van der Waals surface area contributed by atoms with Crippen molar-refractivity contribution >= 4 is 21.5 Å². The van der Waals surface area contributed by atoms with Crippen LogP contribution in [0.2, 0.25) is 0 Å². The summed E-state index contributed by atoms with van der Waals surface area (Å²) in [6.45, 7) is 1.83. The number of benzene rings is 3. The van der Waals surface area contributed by atoms with Crippen LogP contribution >= 0.6 is 0 Å². The Kier molecular flexibility index (Phi) is 6.30. The summed E-state index contributed by atoms with van der Waals surface area (Å²) in [4.78, 5) is 12.6. The van der Waals surface area contributed by atoms with Gasteiger partial charge in [-0.3, -0.25) is 4.79 Å². The standard InChI is InChI=1S/C24H17N3O3S/c1-17-2-12-22(13-3-17)31(29,30)27-24(28)14-23(20-8-4-18(15-25)5-9-20)21-10-6-19(16-26)7-11-21/h2-14H,1H3,(H,27,28). The van der Waals surface area contributed by atoms with Crippen LogP contribution < -0.4 is 4.72 Å². The Morgan fingerprint density at radius 3 is 1.68 bits per heavy atom. The smallest absolute Gasteiger partial charge is 0.264 e. The number of nitriles is 2. The van der Waals surface area contributed by atoms with Crippen molar-refractivity contribution in [3.8, 4) is 12.1 Å². The van der Waals surface area contributed by atoms with Gasteiger partial charge in [-0.25, -0.2) is 13.1 Å². The van der Waals surface area contributed by atoms with E-state index in [1.807, 2.05) is 19.1 Å². The Hall–Kier alpha value is -4.20. The molecule has 6 nitrogen and oxygen atoms in total. The zero-order valence-corrected chi connectivity index (χ0v) is 17.3. The van der Waals surface area contributed by atoms with Gasteiger partial charge in [0.25, 0.3) is 15.9 Å². The molecule has 3 aromatic carbocycles. The fourth-order valence-corrected chi connectivity index (χ4v) is 3.79. The first-order chi connectivity index (χ1) is 14.8. The second-order valence-electron chi connectivity index (χ2n) is 6.72. The number of nitrogens with zero attached hydrogens (tertiary/aromatic N) is 2. The minimum atomic E-state index is -4.04. The number of aryl methyl sites for hydroxylation is 1. The van der Waals surface area contributed by atoms with Crippen molar-refractivity contribution in [1.82, 2.24) is 4.72 Å². The van der Waals surface area contributed by atoms with E-state index in [1.54, 1.807) is 60.7 Å². The molecule has 1 N–H and O–H groups in total. The number of nitrogens with one attached hydrogen (secondary N) is 1. The average Bonchev–Trinajstić information content (AvgIpc) is 2.77. The highest BCUT2D eigenvalue weighted by Crippen LogP contribution is 2.24. The molecule has 7 heteroatoms. The zero-order valence-electron chi connectivity index (χ0n) is 16.5. The predicted molar refractivity (Wildman–Crippen MR) is 116 cm³/mol. The zero-order chi connectivity index (χ0) is 22.4. The first kappa shape index (κ1) is 21.5. The van der Waals surface area contributed by atoms with Gasteiger partial charge in [0.1, 0.15) is 0 Å². The van der Waals surface area contributed by atoms with E-state index in [0.29, 0.717) is 27.8 Å². The van der Waals surface area contributed by atoms with E-state index in [4.69, 9.17) is 10.5 Å². The lowest BCUT2D eigenvalue weighted by atomic mass is 9.96. The first-order valence-corrected chi connectivity index (χ1v) is 10.7. The molecular weight excluding hydrogens is 410 g/mol. The van der Waals surface area contributed by atoms with Crippen molar-refractivity contribution in [3.05, 3.63) is 107 Å². The van der Waals surface area contributed by atoms with Crippen molar-refractivity contribution < 1.29 is 13.2 Å². The Morgan fingerprint density at radius 2 is 1.26 bits per heavy atom. The Labute approximate surface area is 180 Å². The molecule has 152 valence electrons. The molecule has 31 heavy (non-hydrogen) atoms. The van der Waals surface area contributed by atoms with Crippen LogP contribution in [0.4, 0.5) is 0 Å². The Balaban J connectivity index is 1.99. The number of hydrogen-bond donors (Lipinski definition) is 1. The van der Waals surface area contributed by atoms with Crippen LogP contribution in [0.1, 0.15) is 27.8 Å². The molecule has 0 aliphatic rings. The summed E-state index contributed by atoms with van der Waals surface area (Å²) in [7, 11) is -4.04. The van der Waals surface area contributed by atoms with Crippen molar-refractivity contribution in [2.24, 2.45) is 0 Å². The monoisotopic (exact) mass is 427 g/mol. The largest absolute Gasteiger partial charge is 0.269 e. The number of hydrogen-bond acceptors (Lipinski definition) is 5. The lowest BCUT2D eigenvalue weighted by Crippen LogP contribution is -2.29. The van der Waals surface area contributed by atoms with E-state index in [9.17, 15) is 13.2 Å². The number of sulfonamides is 1. The summed E-state index contributed by atoms with van der Waals surface area (Å²) < 4.78 is 27.1. The van der Waals surface area contributed by atoms with Crippen LogP contribution in [-0.2, 0) is 14.8 Å². The topological polar surface area (TPSA) is 111 Å². The van der Waals surface area contributed by atoms with Gasteiger partial charge in [0, 0.05) is 6.08 Å². The molecular formula is C24H17N3O3S. The van der Waals surface area contributed by atoms with Gasteiger partial charge in [0.05, 0.1) is 28.2 Å². The highest BCUT2D eigenvalue weighted by Gasteiger charge is 2.17. The lowest BCUT2D eigenvalue weighted by Gasteiger charge is -2.10. The van der Waals surface area contributed by atoms with Crippen molar-refractivity contribution in [2.75, 3.05) is 0 Å². The van der Waals surface area contributed by atoms with Gasteiger partial charge in [-0.05, 0) is 60.0 Å². The van der Waals surface area contributed by atoms with Crippen LogP contribution in [0.3, 0.4) is 0 Å². The van der Waals surface area contributed by atoms with Gasteiger partial charge in [-0.15, -0.1) is 0 Å². The molecule has 0 saturated carbocycles. The van der Waals surface area contributed by atoms with Crippen LogP contribution in [-0.4, -0.2) is 14.3 Å². The number of carbonyl (C=O) groups is 1. The minimum Gasteiger partial charge on any atom is -0.269 e. The van der Waals surface area contributed by atoms with Crippen LogP contribution in [0.15, 0.2) is 83.8 Å². The van der Waals surface area contributed by atoms with E-state index in [0.717, 1.165) is 5.56 Å². The third kappa shape index (κ3) is 5.24. The van der Waals surface area contributed by atoms with Gasteiger partial charge in [-0.2, -0.15) is 10.5 Å². The minimum absolute atomic E-state index is 0.0156. The van der Waals surface area contributed by atoms with Crippen LogP contribution in [0, 0.1) is 29.6 Å². The average molecular weight is 427 g/mol. The molecule has 0 bridgehead atoms. The molecule has 0 aliphatic heterocycles. The quantitative estimate of drug-likeness (QED) is 0.625. The fourth-order valence-electron chi connectivity index (χ4n) is 2.85. The van der Waals surface area contributed by atoms with Crippen molar-refractivity contribution in [2.45, 2.75) is 11.8 Å². The van der Waals surface area contributed by atoms with E-state index in [-0.39, 0.29) is 4.90 Å².